The van der Waals surface area contributed by atoms with Crippen LogP contribution >= 0.6 is 27.7 Å². The summed E-state index contributed by atoms with van der Waals surface area (Å²) in [5.41, 5.74) is 1.24. The number of aliphatic carboxylic acids is 1. The summed E-state index contributed by atoms with van der Waals surface area (Å²) in [6, 6.07) is 12.6. The molecule has 2 aromatic rings. The van der Waals surface area contributed by atoms with Crippen molar-refractivity contribution < 1.29 is 19.4 Å². The molecule has 0 aromatic heterocycles. The summed E-state index contributed by atoms with van der Waals surface area (Å²) in [4.78, 5) is 24.4. The molecular weight excluding hydrogens is 380 g/mol. The van der Waals surface area contributed by atoms with E-state index in [1.165, 1.54) is 11.8 Å². The lowest BCUT2D eigenvalue weighted by Gasteiger charge is -2.09. The second-order valence-corrected chi connectivity index (χ2v) is 6.70. The Morgan fingerprint density at radius 3 is 2.48 bits per heavy atom. The summed E-state index contributed by atoms with van der Waals surface area (Å²) < 4.78 is 5.79. The van der Waals surface area contributed by atoms with Crippen LogP contribution in [0.4, 0.5) is 0 Å². The Hall–Kier alpha value is -1.79. The first-order valence-corrected chi connectivity index (χ1v) is 8.55. The lowest BCUT2D eigenvalue weighted by molar-refractivity contribution is -0.136. The Balaban J connectivity index is 2.19. The van der Waals surface area contributed by atoms with Gasteiger partial charge in [-0.05, 0) is 55.0 Å². The van der Waals surface area contributed by atoms with Crippen molar-refractivity contribution in [3.63, 3.8) is 0 Å². The third-order valence-corrected chi connectivity index (χ3v) is 4.58. The van der Waals surface area contributed by atoms with Gasteiger partial charge in [-0.1, -0.05) is 27.7 Å². The SMILES string of the molecule is CCOC(=O)c1ccc(Sc2ccc(Br)cc2CC(=O)O)cc1. The minimum atomic E-state index is -0.873. The molecule has 0 bridgehead atoms. The summed E-state index contributed by atoms with van der Waals surface area (Å²) in [5.74, 6) is -1.22. The van der Waals surface area contributed by atoms with Gasteiger partial charge in [-0.3, -0.25) is 4.79 Å². The molecule has 0 atom stereocenters. The molecule has 0 aliphatic carbocycles. The van der Waals surface area contributed by atoms with E-state index < -0.39 is 5.97 Å². The smallest absolute Gasteiger partial charge is 0.338 e. The number of esters is 1. The summed E-state index contributed by atoms with van der Waals surface area (Å²) in [6.45, 7) is 2.10. The van der Waals surface area contributed by atoms with Crippen molar-refractivity contribution in [1.29, 1.82) is 0 Å². The molecule has 23 heavy (non-hydrogen) atoms. The van der Waals surface area contributed by atoms with Gasteiger partial charge in [0.2, 0.25) is 0 Å². The number of rotatable bonds is 6. The minimum Gasteiger partial charge on any atom is -0.481 e. The van der Waals surface area contributed by atoms with Crippen molar-refractivity contribution >= 4 is 39.6 Å². The van der Waals surface area contributed by atoms with Crippen LogP contribution in [0.15, 0.2) is 56.7 Å². The second kappa shape index (κ2) is 8.17. The van der Waals surface area contributed by atoms with Crippen LogP contribution < -0.4 is 0 Å². The molecule has 0 fully saturated rings. The van der Waals surface area contributed by atoms with E-state index >= 15 is 0 Å². The third kappa shape index (κ3) is 5.11. The van der Waals surface area contributed by atoms with Crippen molar-refractivity contribution in [2.45, 2.75) is 23.1 Å². The molecule has 0 spiro atoms. The Morgan fingerprint density at radius 1 is 1.17 bits per heavy atom. The molecule has 0 aliphatic rings. The van der Waals surface area contributed by atoms with Gasteiger partial charge in [-0.2, -0.15) is 0 Å². The average molecular weight is 395 g/mol. The summed E-state index contributed by atoms with van der Waals surface area (Å²) in [5, 5.41) is 9.02. The monoisotopic (exact) mass is 394 g/mol. The molecule has 0 saturated carbocycles. The molecule has 6 heteroatoms. The third-order valence-electron chi connectivity index (χ3n) is 2.96. The van der Waals surface area contributed by atoms with E-state index in [9.17, 15) is 9.59 Å². The van der Waals surface area contributed by atoms with E-state index in [1.807, 2.05) is 30.3 Å². The molecule has 0 amide bonds. The molecule has 0 radical (unpaired) electrons. The number of carbonyl (C=O) groups excluding carboxylic acids is 1. The van der Waals surface area contributed by atoms with E-state index in [0.29, 0.717) is 12.2 Å². The first-order chi connectivity index (χ1) is 11.0. The molecule has 0 unspecified atom stereocenters. The Bertz CT molecular complexity index is 713. The fourth-order valence-electron chi connectivity index (χ4n) is 1.95. The molecule has 2 aromatic carbocycles. The zero-order valence-corrected chi connectivity index (χ0v) is 14.8. The van der Waals surface area contributed by atoms with Crippen molar-refractivity contribution in [3.05, 3.63) is 58.1 Å². The van der Waals surface area contributed by atoms with Crippen molar-refractivity contribution in [1.82, 2.24) is 0 Å². The van der Waals surface area contributed by atoms with Gasteiger partial charge in [0, 0.05) is 14.3 Å². The van der Waals surface area contributed by atoms with Crippen LogP contribution in [0.1, 0.15) is 22.8 Å². The van der Waals surface area contributed by atoms with E-state index in [-0.39, 0.29) is 12.4 Å². The van der Waals surface area contributed by atoms with Crippen LogP contribution in [-0.2, 0) is 16.0 Å². The minimum absolute atomic E-state index is 0.0390. The molecular formula is C17H15BrO4S. The number of carboxylic acids is 1. The highest BCUT2D eigenvalue weighted by atomic mass is 79.9. The quantitative estimate of drug-likeness (QED) is 0.735. The van der Waals surface area contributed by atoms with Gasteiger partial charge in [-0.15, -0.1) is 0 Å². The lowest BCUT2D eigenvalue weighted by atomic mass is 10.1. The normalized spacial score (nSPS) is 10.3. The summed E-state index contributed by atoms with van der Waals surface area (Å²) in [7, 11) is 0. The highest BCUT2D eigenvalue weighted by Crippen LogP contribution is 2.32. The average Bonchev–Trinajstić information content (AvgIpc) is 2.50. The van der Waals surface area contributed by atoms with E-state index in [1.54, 1.807) is 19.1 Å². The van der Waals surface area contributed by atoms with Gasteiger partial charge in [0.15, 0.2) is 0 Å². The standard InChI is InChI=1S/C17H15BrO4S/c1-2-22-17(21)11-3-6-14(7-4-11)23-15-8-5-13(18)9-12(15)10-16(19)20/h3-9H,2,10H2,1H3,(H,19,20). The highest BCUT2D eigenvalue weighted by Gasteiger charge is 2.10. The summed E-state index contributed by atoms with van der Waals surface area (Å²) >= 11 is 4.82. The zero-order chi connectivity index (χ0) is 16.8. The molecule has 120 valence electrons. The van der Waals surface area contributed by atoms with Crippen LogP contribution in [0.25, 0.3) is 0 Å². The van der Waals surface area contributed by atoms with Gasteiger partial charge in [0.05, 0.1) is 18.6 Å². The molecule has 1 N–H and O–H groups in total. The lowest BCUT2D eigenvalue weighted by Crippen LogP contribution is -2.04. The highest BCUT2D eigenvalue weighted by molar-refractivity contribution is 9.10. The van der Waals surface area contributed by atoms with Crippen LogP contribution in [0, 0.1) is 0 Å². The van der Waals surface area contributed by atoms with Crippen LogP contribution in [-0.4, -0.2) is 23.7 Å². The van der Waals surface area contributed by atoms with Crippen molar-refractivity contribution in [3.8, 4) is 0 Å². The largest absolute Gasteiger partial charge is 0.481 e. The van der Waals surface area contributed by atoms with E-state index in [2.05, 4.69) is 15.9 Å². The van der Waals surface area contributed by atoms with Crippen molar-refractivity contribution in [2.24, 2.45) is 0 Å². The maximum Gasteiger partial charge on any atom is 0.338 e. The Morgan fingerprint density at radius 2 is 1.87 bits per heavy atom. The van der Waals surface area contributed by atoms with Crippen LogP contribution in [0.5, 0.6) is 0 Å². The van der Waals surface area contributed by atoms with Gasteiger partial charge in [0.25, 0.3) is 0 Å². The number of carbonyl (C=O) groups is 2. The molecule has 0 aliphatic heterocycles. The molecule has 0 heterocycles. The van der Waals surface area contributed by atoms with Crippen LogP contribution in [0.2, 0.25) is 0 Å². The van der Waals surface area contributed by atoms with Gasteiger partial charge in [0.1, 0.15) is 0 Å². The number of hydrogen-bond acceptors (Lipinski definition) is 4. The topological polar surface area (TPSA) is 63.6 Å². The summed E-state index contributed by atoms with van der Waals surface area (Å²) in [6.07, 6.45) is -0.0390. The maximum absolute atomic E-state index is 11.6. The van der Waals surface area contributed by atoms with Crippen molar-refractivity contribution in [2.75, 3.05) is 6.61 Å². The molecule has 4 nitrogen and oxygen atoms in total. The maximum atomic E-state index is 11.6. The fraction of sp³-hybridized carbons (Fsp3) is 0.176. The number of halogens is 1. The second-order valence-electron chi connectivity index (χ2n) is 4.67. The van der Waals surface area contributed by atoms with Crippen LogP contribution in [0.3, 0.4) is 0 Å². The predicted molar refractivity (Wildman–Crippen MR) is 92.0 cm³/mol. The zero-order valence-electron chi connectivity index (χ0n) is 12.4. The molecule has 0 saturated heterocycles. The Kier molecular flexibility index (Phi) is 6.24. The number of ether oxygens (including phenoxy) is 1. The van der Waals surface area contributed by atoms with E-state index in [4.69, 9.17) is 9.84 Å². The van der Waals surface area contributed by atoms with E-state index in [0.717, 1.165) is 19.8 Å². The fourth-order valence-corrected chi connectivity index (χ4v) is 3.28. The number of benzene rings is 2. The predicted octanol–water partition coefficient (Wildman–Crippen LogP) is 4.40. The van der Waals surface area contributed by atoms with Gasteiger partial charge >= 0.3 is 11.9 Å². The number of carboxylic acid groups (broad SMARTS) is 1. The first kappa shape index (κ1) is 17.6. The number of hydrogen-bond donors (Lipinski definition) is 1. The first-order valence-electron chi connectivity index (χ1n) is 6.95. The van der Waals surface area contributed by atoms with Gasteiger partial charge < -0.3 is 9.84 Å². The van der Waals surface area contributed by atoms with Gasteiger partial charge in [-0.25, -0.2) is 4.79 Å². The Labute approximate surface area is 147 Å². The molecule has 2 rings (SSSR count).